The van der Waals surface area contributed by atoms with Crippen LogP contribution in [-0.4, -0.2) is 23.6 Å². The highest BCUT2D eigenvalue weighted by molar-refractivity contribution is 7.98. The fourth-order valence-corrected chi connectivity index (χ4v) is 3.03. The predicted molar refractivity (Wildman–Crippen MR) is 81.5 cm³/mol. The lowest BCUT2D eigenvalue weighted by Gasteiger charge is -2.18. The molecule has 0 fully saturated rings. The second kappa shape index (κ2) is 8.28. The fourth-order valence-electron chi connectivity index (χ4n) is 1.45. The Kier molecular flexibility index (Phi) is 7.42. The molecule has 18 heavy (non-hydrogen) atoms. The summed E-state index contributed by atoms with van der Waals surface area (Å²) in [7, 11) is 0. The van der Waals surface area contributed by atoms with E-state index in [4.69, 9.17) is 23.2 Å². The second-order valence-electron chi connectivity index (χ2n) is 4.22. The van der Waals surface area contributed by atoms with E-state index in [1.807, 2.05) is 19.1 Å². The van der Waals surface area contributed by atoms with Crippen molar-refractivity contribution in [1.29, 1.82) is 0 Å². The molecule has 2 nitrogen and oxygen atoms in total. The van der Waals surface area contributed by atoms with E-state index in [1.165, 1.54) is 11.8 Å². The highest BCUT2D eigenvalue weighted by Crippen LogP contribution is 2.27. The molecule has 2 atom stereocenters. The van der Waals surface area contributed by atoms with Crippen LogP contribution in [0.15, 0.2) is 18.2 Å². The maximum absolute atomic E-state index is 10.0. The first kappa shape index (κ1) is 16.1. The summed E-state index contributed by atoms with van der Waals surface area (Å²) in [6.45, 7) is 5.83. The van der Waals surface area contributed by atoms with Crippen LogP contribution in [0, 0.1) is 5.92 Å². The van der Waals surface area contributed by atoms with Gasteiger partial charge in [0.15, 0.2) is 0 Å². The van der Waals surface area contributed by atoms with Gasteiger partial charge < -0.3 is 10.4 Å². The first-order chi connectivity index (χ1) is 8.54. The summed E-state index contributed by atoms with van der Waals surface area (Å²) in [6, 6.07) is 5.45. The van der Waals surface area contributed by atoms with Gasteiger partial charge >= 0.3 is 0 Å². The molecule has 0 saturated carbocycles. The number of halogens is 2. The normalized spacial score (nSPS) is 14.5. The van der Waals surface area contributed by atoms with Gasteiger partial charge in [-0.2, -0.15) is 0 Å². The van der Waals surface area contributed by atoms with Crippen LogP contribution in [0.1, 0.15) is 19.4 Å². The summed E-state index contributed by atoms with van der Waals surface area (Å²) in [4.78, 5) is 0. The number of nitrogens with one attached hydrogen (secondary N) is 1. The van der Waals surface area contributed by atoms with Crippen molar-refractivity contribution in [1.82, 2.24) is 5.32 Å². The van der Waals surface area contributed by atoms with Crippen LogP contribution in [0.2, 0.25) is 10.0 Å². The van der Waals surface area contributed by atoms with Gasteiger partial charge in [-0.3, -0.25) is 0 Å². The summed E-state index contributed by atoms with van der Waals surface area (Å²) in [5, 5.41) is 14.5. The number of rotatable bonds is 7. The van der Waals surface area contributed by atoms with Gasteiger partial charge in [-0.15, -0.1) is 11.8 Å². The van der Waals surface area contributed by atoms with Crippen LogP contribution in [0.25, 0.3) is 0 Å². The third-order valence-corrected chi connectivity index (χ3v) is 4.50. The lowest BCUT2D eigenvalue weighted by atomic mass is 10.2. The van der Waals surface area contributed by atoms with Crippen LogP contribution in [-0.2, 0) is 5.75 Å². The van der Waals surface area contributed by atoms with Gasteiger partial charge in [0.1, 0.15) is 5.44 Å². The number of thioether (sulfide) groups is 1. The molecule has 102 valence electrons. The molecule has 1 aromatic carbocycles. The topological polar surface area (TPSA) is 32.3 Å². The zero-order valence-corrected chi connectivity index (χ0v) is 12.9. The molecule has 0 radical (unpaired) electrons. The van der Waals surface area contributed by atoms with Crippen molar-refractivity contribution in [3.05, 3.63) is 33.8 Å². The Morgan fingerprint density at radius 1 is 1.39 bits per heavy atom. The van der Waals surface area contributed by atoms with Crippen LogP contribution in [0.5, 0.6) is 0 Å². The molecule has 2 N–H and O–H groups in total. The summed E-state index contributed by atoms with van der Waals surface area (Å²) in [6.07, 6.45) is 0. The van der Waals surface area contributed by atoms with Crippen molar-refractivity contribution in [2.45, 2.75) is 25.0 Å². The monoisotopic (exact) mass is 307 g/mol. The molecule has 0 aromatic heterocycles. The van der Waals surface area contributed by atoms with Gasteiger partial charge in [0, 0.05) is 28.3 Å². The minimum atomic E-state index is -0.393. The average Bonchev–Trinajstić information content (AvgIpc) is 2.34. The lowest BCUT2D eigenvalue weighted by Crippen LogP contribution is -2.27. The molecule has 1 rings (SSSR count). The maximum atomic E-state index is 10.0. The van der Waals surface area contributed by atoms with E-state index < -0.39 is 5.44 Å². The van der Waals surface area contributed by atoms with Crippen molar-refractivity contribution < 1.29 is 5.11 Å². The van der Waals surface area contributed by atoms with Crippen LogP contribution >= 0.6 is 35.0 Å². The molecule has 0 spiro atoms. The third kappa shape index (κ3) is 5.37. The highest BCUT2D eigenvalue weighted by Gasteiger charge is 2.14. The molecule has 0 heterocycles. The van der Waals surface area contributed by atoms with Gasteiger partial charge in [0.05, 0.1) is 0 Å². The predicted octanol–water partition coefficient (Wildman–Crippen LogP) is 3.79. The van der Waals surface area contributed by atoms with E-state index in [-0.39, 0.29) is 5.92 Å². The van der Waals surface area contributed by atoms with Crippen molar-refractivity contribution in [2.75, 3.05) is 13.1 Å². The van der Waals surface area contributed by atoms with Crippen molar-refractivity contribution in [2.24, 2.45) is 5.92 Å². The Bertz CT molecular complexity index is 376. The Balaban J connectivity index is 2.44. The minimum absolute atomic E-state index is 0.209. The van der Waals surface area contributed by atoms with Gasteiger partial charge in [0.25, 0.3) is 0 Å². The van der Waals surface area contributed by atoms with Crippen LogP contribution in [0.3, 0.4) is 0 Å². The van der Waals surface area contributed by atoms with E-state index in [0.29, 0.717) is 15.8 Å². The van der Waals surface area contributed by atoms with Crippen LogP contribution < -0.4 is 5.32 Å². The summed E-state index contributed by atoms with van der Waals surface area (Å²) in [5.74, 6) is 0.897. The molecular weight excluding hydrogens is 289 g/mol. The van der Waals surface area contributed by atoms with Crippen LogP contribution in [0.4, 0.5) is 0 Å². The smallest absolute Gasteiger partial charge is 0.103 e. The third-order valence-electron chi connectivity index (χ3n) is 2.63. The summed E-state index contributed by atoms with van der Waals surface area (Å²) >= 11 is 13.4. The zero-order chi connectivity index (χ0) is 13.5. The van der Waals surface area contributed by atoms with Crippen molar-refractivity contribution in [3.63, 3.8) is 0 Å². The SMILES string of the molecule is CCNCC(C)C(O)SCc1ccc(Cl)cc1Cl. The Hall–Kier alpha value is 0.0700. The van der Waals surface area contributed by atoms with Gasteiger partial charge in [-0.25, -0.2) is 0 Å². The lowest BCUT2D eigenvalue weighted by molar-refractivity contribution is 0.199. The average molecular weight is 308 g/mol. The van der Waals surface area contributed by atoms with E-state index >= 15 is 0 Å². The molecular formula is C13H19Cl2NOS. The van der Waals surface area contributed by atoms with Gasteiger partial charge in [-0.1, -0.05) is 43.1 Å². The van der Waals surface area contributed by atoms with E-state index in [0.717, 1.165) is 18.7 Å². The van der Waals surface area contributed by atoms with E-state index in [9.17, 15) is 5.11 Å². The quantitative estimate of drug-likeness (QED) is 0.752. The molecule has 0 bridgehead atoms. The summed E-state index contributed by atoms with van der Waals surface area (Å²) in [5.41, 5.74) is 0.608. The summed E-state index contributed by atoms with van der Waals surface area (Å²) < 4.78 is 0. The largest absolute Gasteiger partial charge is 0.382 e. The molecule has 0 saturated heterocycles. The van der Waals surface area contributed by atoms with Crippen molar-refractivity contribution >= 4 is 35.0 Å². The van der Waals surface area contributed by atoms with E-state index in [1.54, 1.807) is 6.07 Å². The standard InChI is InChI=1S/C13H19Cl2NOS/c1-3-16-7-9(2)13(17)18-8-10-4-5-11(14)6-12(10)15/h4-6,9,13,16-17H,3,7-8H2,1-2H3. The first-order valence-corrected chi connectivity index (χ1v) is 7.79. The molecule has 0 amide bonds. The highest BCUT2D eigenvalue weighted by atomic mass is 35.5. The van der Waals surface area contributed by atoms with Gasteiger partial charge in [-0.05, 0) is 24.2 Å². The Morgan fingerprint density at radius 2 is 2.11 bits per heavy atom. The molecule has 0 aliphatic heterocycles. The Morgan fingerprint density at radius 3 is 2.72 bits per heavy atom. The minimum Gasteiger partial charge on any atom is -0.382 e. The molecule has 1 aromatic rings. The molecule has 2 unspecified atom stereocenters. The number of hydrogen-bond donors (Lipinski definition) is 2. The number of benzene rings is 1. The zero-order valence-electron chi connectivity index (χ0n) is 10.6. The molecule has 0 aliphatic carbocycles. The number of hydrogen-bond acceptors (Lipinski definition) is 3. The molecule has 0 aliphatic rings. The van der Waals surface area contributed by atoms with Crippen molar-refractivity contribution in [3.8, 4) is 0 Å². The Labute approximate surface area is 123 Å². The second-order valence-corrected chi connectivity index (χ2v) is 6.17. The first-order valence-electron chi connectivity index (χ1n) is 5.99. The molecule has 5 heteroatoms. The maximum Gasteiger partial charge on any atom is 0.103 e. The number of aliphatic hydroxyl groups is 1. The number of aliphatic hydroxyl groups excluding tert-OH is 1. The van der Waals surface area contributed by atoms with Gasteiger partial charge in [0.2, 0.25) is 0 Å². The van der Waals surface area contributed by atoms with E-state index in [2.05, 4.69) is 12.2 Å². The fraction of sp³-hybridized carbons (Fsp3) is 0.538.